The van der Waals surface area contributed by atoms with Crippen molar-refractivity contribution in [3.05, 3.63) is 69.4 Å². The highest BCUT2D eigenvalue weighted by atomic mass is 35.5. The van der Waals surface area contributed by atoms with Gasteiger partial charge in [0.25, 0.3) is 0 Å². The average molecular weight is 301 g/mol. The van der Waals surface area contributed by atoms with Crippen LogP contribution in [0.25, 0.3) is 10.8 Å². The summed E-state index contributed by atoms with van der Waals surface area (Å²) >= 11 is 8.61. The van der Waals surface area contributed by atoms with Gasteiger partial charge < -0.3 is 0 Å². The van der Waals surface area contributed by atoms with Gasteiger partial charge in [-0.2, -0.15) is 0 Å². The fourth-order valence-corrected chi connectivity index (χ4v) is 4.30. The molecule has 1 heterocycles. The van der Waals surface area contributed by atoms with Crippen LogP contribution >= 0.6 is 22.9 Å². The Balaban J connectivity index is 2.21. The molecule has 0 saturated carbocycles. The van der Waals surface area contributed by atoms with Crippen LogP contribution in [0.5, 0.6) is 0 Å². The van der Waals surface area contributed by atoms with E-state index in [1.54, 1.807) is 11.3 Å². The summed E-state index contributed by atoms with van der Waals surface area (Å²) in [6.07, 6.45) is 1.03. The summed E-state index contributed by atoms with van der Waals surface area (Å²) in [5, 5.41) is 4.61. The van der Waals surface area contributed by atoms with E-state index in [4.69, 9.17) is 11.6 Å². The summed E-state index contributed by atoms with van der Waals surface area (Å²) in [6, 6.07) is 15.0. The normalized spacial score (nSPS) is 12.8. The Bertz CT molecular complexity index is 742. The Morgan fingerprint density at radius 3 is 2.70 bits per heavy atom. The fraction of sp³-hybridized carbons (Fsp3) is 0.222. The lowest BCUT2D eigenvalue weighted by Crippen LogP contribution is -1.98. The maximum Gasteiger partial charge on any atom is 0.0939 e. The molecule has 0 amide bonds. The third-order valence-corrected chi connectivity index (χ3v) is 5.42. The van der Waals surface area contributed by atoms with Gasteiger partial charge in [0, 0.05) is 4.88 Å². The van der Waals surface area contributed by atoms with Gasteiger partial charge in [-0.05, 0) is 52.3 Å². The predicted octanol–water partition coefficient (Wildman–Crippen LogP) is 6.10. The van der Waals surface area contributed by atoms with Gasteiger partial charge in [-0.1, -0.05) is 43.3 Å². The quantitative estimate of drug-likeness (QED) is 0.513. The van der Waals surface area contributed by atoms with E-state index in [2.05, 4.69) is 61.7 Å². The van der Waals surface area contributed by atoms with Crippen LogP contribution in [0.2, 0.25) is 0 Å². The molecule has 3 aromatic rings. The number of hydrogen-bond acceptors (Lipinski definition) is 1. The van der Waals surface area contributed by atoms with Gasteiger partial charge in [0.2, 0.25) is 0 Å². The predicted molar refractivity (Wildman–Crippen MR) is 90.1 cm³/mol. The number of halogens is 1. The monoisotopic (exact) mass is 300 g/mol. The topological polar surface area (TPSA) is 0 Å². The molecule has 0 radical (unpaired) electrons. The molecule has 0 aliphatic rings. The zero-order chi connectivity index (χ0) is 14.1. The first-order chi connectivity index (χ1) is 9.72. The zero-order valence-corrected chi connectivity index (χ0v) is 13.3. The van der Waals surface area contributed by atoms with E-state index in [1.807, 2.05) is 0 Å². The van der Waals surface area contributed by atoms with Gasteiger partial charge in [0.05, 0.1) is 5.38 Å². The summed E-state index contributed by atoms with van der Waals surface area (Å²) in [7, 11) is 0. The second-order valence-corrected chi connectivity index (χ2v) is 6.43. The number of alkyl halides is 1. The Morgan fingerprint density at radius 1 is 1.10 bits per heavy atom. The minimum atomic E-state index is -0.0592. The maximum atomic E-state index is 6.85. The van der Waals surface area contributed by atoms with Gasteiger partial charge in [0.1, 0.15) is 0 Å². The molecule has 102 valence electrons. The van der Waals surface area contributed by atoms with E-state index in [0.717, 1.165) is 6.42 Å². The van der Waals surface area contributed by atoms with E-state index in [0.29, 0.717) is 0 Å². The first-order valence-corrected chi connectivity index (χ1v) is 8.22. The molecule has 1 unspecified atom stereocenters. The van der Waals surface area contributed by atoms with Crippen molar-refractivity contribution in [3.8, 4) is 0 Å². The van der Waals surface area contributed by atoms with E-state index >= 15 is 0 Å². The van der Waals surface area contributed by atoms with Crippen LogP contribution in [-0.4, -0.2) is 0 Å². The molecule has 0 saturated heterocycles. The van der Waals surface area contributed by atoms with Crippen molar-refractivity contribution in [2.24, 2.45) is 0 Å². The standard InChI is InChI=1S/C18H17ClS/c1-3-13-10-11-20-18(13)17(19)16-12(2)8-9-14-6-4-5-7-15(14)16/h4-11,17H,3H2,1-2H3. The Hall–Kier alpha value is -1.31. The van der Waals surface area contributed by atoms with Crippen LogP contribution in [0.3, 0.4) is 0 Å². The van der Waals surface area contributed by atoms with E-state index in [9.17, 15) is 0 Å². The molecule has 0 spiro atoms. The minimum Gasteiger partial charge on any atom is -0.147 e. The van der Waals surface area contributed by atoms with Crippen LogP contribution in [-0.2, 0) is 6.42 Å². The molecule has 1 atom stereocenters. The highest BCUT2D eigenvalue weighted by molar-refractivity contribution is 7.10. The SMILES string of the molecule is CCc1ccsc1C(Cl)c1c(C)ccc2ccccc12. The third kappa shape index (κ3) is 2.25. The van der Waals surface area contributed by atoms with Crippen LogP contribution < -0.4 is 0 Å². The highest BCUT2D eigenvalue weighted by Gasteiger charge is 2.19. The van der Waals surface area contributed by atoms with E-state index in [-0.39, 0.29) is 5.38 Å². The van der Waals surface area contributed by atoms with Crippen LogP contribution in [0.15, 0.2) is 47.8 Å². The molecule has 0 bridgehead atoms. The molecule has 0 aliphatic heterocycles. The Labute approximate surface area is 129 Å². The van der Waals surface area contributed by atoms with Gasteiger partial charge >= 0.3 is 0 Å². The molecule has 1 aromatic heterocycles. The van der Waals surface area contributed by atoms with Crippen molar-refractivity contribution in [1.29, 1.82) is 0 Å². The number of hydrogen-bond donors (Lipinski definition) is 0. The number of rotatable bonds is 3. The lowest BCUT2D eigenvalue weighted by atomic mass is 9.95. The molecule has 20 heavy (non-hydrogen) atoms. The zero-order valence-electron chi connectivity index (χ0n) is 11.7. The highest BCUT2D eigenvalue weighted by Crippen LogP contribution is 2.40. The second kappa shape index (κ2) is 5.59. The fourth-order valence-electron chi connectivity index (χ4n) is 2.73. The van der Waals surface area contributed by atoms with Gasteiger partial charge in [-0.3, -0.25) is 0 Å². The van der Waals surface area contributed by atoms with Crippen molar-refractivity contribution in [1.82, 2.24) is 0 Å². The molecular formula is C18H17ClS. The second-order valence-electron chi connectivity index (χ2n) is 5.04. The smallest absolute Gasteiger partial charge is 0.0939 e. The molecule has 0 aliphatic carbocycles. The van der Waals surface area contributed by atoms with E-state index < -0.39 is 0 Å². The summed E-state index contributed by atoms with van der Waals surface area (Å²) < 4.78 is 0. The summed E-state index contributed by atoms with van der Waals surface area (Å²) in [5.41, 5.74) is 3.88. The number of aryl methyl sites for hydroxylation is 2. The first kappa shape index (κ1) is 13.7. The number of benzene rings is 2. The molecule has 0 fully saturated rings. The molecular weight excluding hydrogens is 284 g/mol. The molecule has 0 N–H and O–H groups in total. The summed E-state index contributed by atoms with van der Waals surface area (Å²) in [6.45, 7) is 4.33. The van der Waals surface area contributed by atoms with Crippen LogP contribution in [0.1, 0.15) is 33.9 Å². The molecule has 2 heteroatoms. The van der Waals surface area contributed by atoms with Crippen LogP contribution in [0, 0.1) is 6.92 Å². The van der Waals surface area contributed by atoms with Crippen molar-refractivity contribution < 1.29 is 0 Å². The van der Waals surface area contributed by atoms with Gasteiger partial charge in [-0.25, -0.2) is 0 Å². The van der Waals surface area contributed by atoms with E-state index in [1.165, 1.54) is 32.3 Å². The molecule has 0 nitrogen and oxygen atoms in total. The average Bonchev–Trinajstić information content (AvgIpc) is 2.95. The largest absolute Gasteiger partial charge is 0.147 e. The number of thiophene rings is 1. The van der Waals surface area contributed by atoms with Crippen molar-refractivity contribution >= 4 is 33.7 Å². The van der Waals surface area contributed by atoms with Crippen molar-refractivity contribution in [2.45, 2.75) is 25.6 Å². The Kier molecular flexibility index (Phi) is 3.82. The van der Waals surface area contributed by atoms with Gasteiger partial charge in [-0.15, -0.1) is 22.9 Å². The van der Waals surface area contributed by atoms with Crippen molar-refractivity contribution in [3.63, 3.8) is 0 Å². The van der Waals surface area contributed by atoms with Crippen molar-refractivity contribution in [2.75, 3.05) is 0 Å². The summed E-state index contributed by atoms with van der Waals surface area (Å²) in [5.74, 6) is 0. The maximum absolute atomic E-state index is 6.85. The lowest BCUT2D eigenvalue weighted by molar-refractivity contribution is 1.07. The number of fused-ring (bicyclic) bond motifs is 1. The minimum absolute atomic E-state index is 0.0592. The van der Waals surface area contributed by atoms with Crippen LogP contribution in [0.4, 0.5) is 0 Å². The third-order valence-electron chi connectivity index (χ3n) is 3.83. The lowest BCUT2D eigenvalue weighted by Gasteiger charge is -2.16. The summed E-state index contributed by atoms with van der Waals surface area (Å²) in [4.78, 5) is 1.29. The van der Waals surface area contributed by atoms with Gasteiger partial charge in [0.15, 0.2) is 0 Å². The Morgan fingerprint density at radius 2 is 1.90 bits per heavy atom. The first-order valence-electron chi connectivity index (χ1n) is 6.91. The molecule has 3 rings (SSSR count). The molecule has 2 aromatic carbocycles.